The molecule has 3 fully saturated rings. The van der Waals surface area contributed by atoms with E-state index in [0.717, 1.165) is 32.0 Å². The maximum Gasteiger partial charge on any atom is 0.418 e. The van der Waals surface area contributed by atoms with Crippen molar-refractivity contribution >= 4 is 12.1 Å². The topological polar surface area (TPSA) is 66.0 Å². The van der Waals surface area contributed by atoms with Gasteiger partial charge >= 0.3 is 6.18 Å². The molecule has 9 heteroatoms. The largest absolute Gasteiger partial charge is 0.418 e. The summed E-state index contributed by atoms with van der Waals surface area (Å²) in [5.74, 6) is 0.582. The molecule has 0 radical (unpaired) electrons. The van der Waals surface area contributed by atoms with E-state index in [1.165, 1.54) is 12.6 Å². The molecule has 1 saturated carbocycles. The number of halogens is 3. The smallest absolute Gasteiger partial charge is 0.363 e. The van der Waals surface area contributed by atoms with Crippen molar-refractivity contribution in [3.8, 4) is 0 Å². The molecule has 0 aromatic heterocycles. The van der Waals surface area contributed by atoms with E-state index in [2.05, 4.69) is 20.5 Å². The molecule has 180 valence electrons. The van der Waals surface area contributed by atoms with Crippen LogP contribution in [0.4, 0.5) is 13.2 Å². The second-order valence-corrected chi connectivity index (χ2v) is 10.0. The number of alkyl halides is 3. The van der Waals surface area contributed by atoms with Crippen molar-refractivity contribution in [2.45, 2.75) is 56.7 Å². The van der Waals surface area contributed by atoms with Crippen molar-refractivity contribution in [2.24, 2.45) is 22.7 Å². The summed E-state index contributed by atoms with van der Waals surface area (Å²) in [5, 5.41) is 6.68. The van der Waals surface area contributed by atoms with Gasteiger partial charge in [-0.05, 0) is 57.2 Å². The number of nitrogens with zero attached hydrogens (tertiary/aromatic N) is 2. The lowest BCUT2D eigenvalue weighted by molar-refractivity contribution is -0.148. The lowest BCUT2D eigenvalue weighted by atomic mass is 9.76. The van der Waals surface area contributed by atoms with Crippen LogP contribution in [0.2, 0.25) is 0 Å². The predicted molar refractivity (Wildman–Crippen MR) is 119 cm³/mol. The monoisotopic (exact) mass is 464 g/mol. The predicted octanol–water partition coefficient (Wildman–Crippen LogP) is 2.59. The van der Waals surface area contributed by atoms with Gasteiger partial charge in [-0.15, -0.1) is 0 Å². The molecular formula is C24H31F3N4O2. The Kier molecular flexibility index (Phi) is 6.22. The summed E-state index contributed by atoms with van der Waals surface area (Å²) in [6.45, 7) is 4.81. The molecular weight excluding hydrogens is 433 g/mol. The first-order chi connectivity index (χ1) is 15.8. The number of carbonyl (C=O) groups is 1. The molecule has 6 nitrogen and oxygen atoms in total. The van der Waals surface area contributed by atoms with Crippen molar-refractivity contribution in [2.75, 3.05) is 26.2 Å². The normalized spacial score (nSPS) is 38.8. The van der Waals surface area contributed by atoms with Crippen LogP contribution in [0.15, 0.2) is 40.6 Å². The average molecular weight is 465 g/mol. The molecule has 33 heavy (non-hydrogen) atoms. The second kappa shape index (κ2) is 9.00. The van der Waals surface area contributed by atoms with Crippen LogP contribution in [0.1, 0.15) is 26.2 Å². The summed E-state index contributed by atoms with van der Waals surface area (Å²) in [5.41, 5.74) is -0.655. The van der Waals surface area contributed by atoms with Crippen LogP contribution in [0.5, 0.6) is 0 Å². The van der Waals surface area contributed by atoms with E-state index in [9.17, 15) is 18.0 Å². The van der Waals surface area contributed by atoms with Gasteiger partial charge in [0.2, 0.25) is 0 Å². The maximum absolute atomic E-state index is 13.5. The fourth-order valence-corrected chi connectivity index (χ4v) is 6.16. The maximum atomic E-state index is 13.5. The number of nitrogens with one attached hydrogen (secondary N) is 2. The Morgan fingerprint density at radius 2 is 1.94 bits per heavy atom. The molecule has 4 unspecified atom stereocenters. The van der Waals surface area contributed by atoms with Gasteiger partial charge in [0.15, 0.2) is 0 Å². The highest BCUT2D eigenvalue weighted by Crippen LogP contribution is 2.40. The summed E-state index contributed by atoms with van der Waals surface area (Å²) in [7, 11) is 0. The Balaban J connectivity index is 1.28. The lowest BCUT2D eigenvalue weighted by Gasteiger charge is -2.44. The highest BCUT2D eigenvalue weighted by molar-refractivity contribution is 5.81. The van der Waals surface area contributed by atoms with Gasteiger partial charge in [0.05, 0.1) is 17.4 Å². The molecule has 0 aromatic rings. The molecule has 2 aliphatic carbocycles. The summed E-state index contributed by atoms with van der Waals surface area (Å²) in [4.78, 5) is 19.3. The number of aliphatic imine (C=N–C) groups is 1. The summed E-state index contributed by atoms with van der Waals surface area (Å²) >= 11 is 0. The number of morpholine rings is 1. The molecule has 5 rings (SSSR count). The molecule has 3 heterocycles. The van der Waals surface area contributed by atoms with Gasteiger partial charge in [-0.1, -0.05) is 18.2 Å². The van der Waals surface area contributed by atoms with Crippen LogP contribution in [-0.4, -0.2) is 73.7 Å². The number of hydrogen-bond acceptors (Lipinski definition) is 5. The Hall–Kier alpha value is -1.97. The third-order valence-corrected chi connectivity index (χ3v) is 7.46. The Bertz CT molecular complexity index is 885. The number of fused-ring (bicyclic) bond motifs is 3. The van der Waals surface area contributed by atoms with Crippen LogP contribution in [0, 0.1) is 17.8 Å². The minimum atomic E-state index is -4.45. The standard InChI is InChI=1S/C24H31F3N4O2/c1-14-12-31(20-5-4-19(24(25,26)27)22-18(20)3-2-6-29-22)13-21(33-14)23(32)30-17-8-15-7-16(9-17)11-28-10-15/h2-6,14-18,20-21,28H,7-13H2,1H3,(H,30,32)/t14-,15?,16?,17?,18?,20?,21-/m1/s1. The number of rotatable bonds is 3. The molecule has 2 saturated heterocycles. The number of piperidine rings is 1. The summed E-state index contributed by atoms with van der Waals surface area (Å²) in [6, 6.07) is -0.145. The molecule has 0 spiro atoms. The molecule has 5 aliphatic rings. The quantitative estimate of drug-likeness (QED) is 0.674. The Morgan fingerprint density at radius 3 is 2.67 bits per heavy atom. The average Bonchev–Trinajstić information content (AvgIpc) is 2.77. The van der Waals surface area contributed by atoms with Gasteiger partial charge in [-0.3, -0.25) is 14.7 Å². The van der Waals surface area contributed by atoms with E-state index in [1.54, 1.807) is 18.2 Å². The number of carbonyl (C=O) groups excluding carboxylic acids is 1. The highest BCUT2D eigenvalue weighted by atomic mass is 19.4. The van der Waals surface area contributed by atoms with Crippen molar-refractivity contribution in [1.29, 1.82) is 0 Å². The van der Waals surface area contributed by atoms with Crippen LogP contribution in [-0.2, 0) is 9.53 Å². The number of ether oxygens (including phenoxy) is 1. The zero-order chi connectivity index (χ0) is 23.2. The summed E-state index contributed by atoms with van der Waals surface area (Å²) < 4.78 is 46.6. The third kappa shape index (κ3) is 4.81. The molecule has 6 atom stereocenters. The van der Waals surface area contributed by atoms with Gasteiger partial charge < -0.3 is 15.4 Å². The minimum absolute atomic E-state index is 0.0417. The first-order valence-electron chi connectivity index (χ1n) is 11.9. The van der Waals surface area contributed by atoms with Gasteiger partial charge in [0.25, 0.3) is 5.91 Å². The van der Waals surface area contributed by atoms with Crippen LogP contribution in [0.25, 0.3) is 0 Å². The van der Waals surface area contributed by atoms with Gasteiger partial charge in [0, 0.05) is 37.3 Å². The van der Waals surface area contributed by atoms with Crippen LogP contribution < -0.4 is 10.6 Å². The fraction of sp³-hybridized carbons (Fsp3) is 0.667. The molecule has 1 amide bonds. The van der Waals surface area contributed by atoms with Gasteiger partial charge in [-0.25, -0.2) is 0 Å². The van der Waals surface area contributed by atoms with Crippen molar-refractivity contribution < 1.29 is 22.7 Å². The molecule has 2 N–H and O–H groups in total. The molecule has 3 aliphatic heterocycles. The zero-order valence-corrected chi connectivity index (χ0v) is 18.7. The van der Waals surface area contributed by atoms with E-state index in [0.29, 0.717) is 24.9 Å². The highest BCUT2D eigenvalue weighted by Gasteiger charge is 2.44. The van der Waals surface area contributed by atoms with E-state index in [1.807, 2.05) is 6.92 Å². The number of hydrogen-bond donors (Lipinski definition) is 2. The fourth-order valence-electron chi connectivity index (χ4n) is 6.16. The minimum Gasteiger partial charge on any atom is -0.363 e. The third-order valence-electron chi connectivity index (χ3n) is 7.46. The number of amides is 1. The van der Waals surface area contributed by atoms with E-state index >= 15 is 0 Å². The SMILES string of the molecule is C[C@@H]1CN(C2C=CC(C(F)(F)F)=C3N=CC=CC32)C[C@H](C(=O)NC2CC3CNCC(C3)C2)O1. The molecule has 2 bridgehead atoms. The second-order valence-electron chi connectivity index (χ2n) is 10.0. The van der Waals surface area contributed by atoms with E-state index in [4.69, 9.17) is 4.74 Å². The van der Waals surface area contributed by atoms with Gasteiger partial charge in [-0.2, -0.15) is 13.2 Å². The first-order valence-corrected chi connectivity index (χ1v) is 11.9. The van der Waals surface area contributed by atoms with Crippen LogP contribution in [0.3, 0.4) is 0 Å². The lowest BCUT2D eigenvalue weighted by Crippen LogP contribution is -2.58. The Labute approximate surface area is 192 Å². The van der Waals surface area contributed by atoms with Crippen LogP contribution >= 0.6 is 0 Å². The first kappa shape index (κ1) is 22.8. The summed E-state index contributed by atoms with van der Waals surface area (Å²) in [6.07, 6.45) is 5.49. The number of allylic oxidation sites excluding steroid dienone is 3. The van der Waals surface area contributed by atoms with E-state index < -0.39 is 23.8 Å². The number of dihydropyridines is 1. The van der Waals surface area contributed by atoms with Gasteiger partial charge in [0.1, 0.15) is 6.10 Å². The zero-order valence-electron chi connectivity index (χ0n) is 18.7. The Morgan fingerprint density at radius 1 is 1.18 bits per heavy atom. The molecule has 0 aromatic carbocycles. The van der Waals surface area contributed by atoms with Crippen molar-refractivity contribution in [1.82, 2.24) is 15.5 Å². The van der Waals surface area contributed by atoms with Crippen molar-refractivity contribution in [3.05, 3.63) is 35.6 Å². The van der Waals surface area contributed by atoms with Crippen molar-refractivity contribution in [3.63, 3.8) is 0 Å². The van der Waals surface area contributed by atoms with E-state index in [-0.39, 0.29) is 29.8 Å².